The second-order valence-electron chi connectivity index (χ2n) is 9.75. The number of aryl methyl sites for hydroxylation is 1. The summed E-state index contributed by atoms with van der Waals surface area (Å²) in [7, 11) is 3.34. The minimum Gasteiger partial charge on any atom is -0.497 e. The van der Waals surface area contributed by atoms with Crippen molar-refractivity contribution < 1.29 is 19.4 Å². The Balaban J connectivity index is 1.34. The molecule has 2 atom stereocenters. The predicted octanol–water partition coefficient (Wildman–Crippen LogP) is 5.43. The summed E-state index contributed by atoms with van der Waals surface area (Å²) in [6.45, 7) is 2.61. The monoisotopic (exact) mass is 500 g/mol. The molecule has 194 valence electrons. The maximum absolute atomic E-state index is 11.3. The van der Waals surface area contributed by atoms with Gasteiger partial charge in [0, 0.05) is 30.1 Å². The summed E-state index contributed by atoms with van der Waals surface area (Å²) in [4.78, 5) is 18.2. The molecular weight excluding hydrogens is 464 g/mol. The standard InChI is InChI=1S/C31H36N2O4/c1-36-27-11-8-23(9-12-27)5-4-19-33-20-17-24(26(22-33)10-15-31(34)35)6-3-7-25-16-18-32-30-14-13-28(37-2)21-29(25)30/h8-9,11-14,16,18,21,24,26H,3,6-7,10,15,17,19-20,22H2,1-2H3,(H,34,35)/t24-,26+/m1/s1. The summed E-state index contributed by atoms with van der Waals surface area (Å²) in [5, 5.41) is 10.5. The fourth-order valence-corrected chi connectivity index (χ4v) is 5.33. The third kappa shape index (κ3) is 7.47. The van der Waals surface area contributed by atoms with E-state index in [2.05, 4.69) is 33.9 Å². The molecular formula is C31H36N2O4. The van der Waals surface area contributed by atoms with Crippen LogP contribution in [0.5, 0.6) is 11.5 Å². The van der Waals surface area contributed by atoms with Gasteiger partial charge in [-0.2, -0.15) is 0 Å². The molecule has 1 fully saturated rings. The third-order valence-corrected chi connectivity index (χ3v) is 7.39. The largest absolute Gasteiger partial charge is 0.497 e. The average Bonchev–Trinajstić information content (AvgIpc) is 2.93. The highest BCUT2D eigenvalue weighted by Gasteiger charge is 2.29. The number of carbonyl (C=O) groups is 1. The van der Waals surface area contributed by atoms with Crippen LogP contribution < -0.4 is 9.47 Å². The number of piperidine rings is 1. The van der Waals surface area contributed by atoms with E-state index in [-0.39, 0.29) is 6.42 Å². The van der Waals surface area contributed by atoms with Crippen molar-refractivity contribution in [3.8, 4) is 23.3 Å². The lowest BCUT2D eigenvalue weighted by Crippen LogP contribution is -2.41. The molecule has 0 spiro atoms. The number of hydrogen-bond donors (Lipinski definition) is 1. The van der Waals surface area contributed by atoms with Crippen LogP contribution in [-0.2, 0) is 11.2 Å². The Labute approximate surface area is 219 Å². The maximum atomic E-state index is 11.3. The van der Waals surface area contributed by atoms with Crippen molar-refractivity contribution in [1.82, 2.24) is 9.88 Å². The van der Waals surface area contributed by atoms with Gasteiger partial charge in [0.05, 0.1) is 26.3 Å². The van der Waals surface area contributed by atoms with Gasteiger partial charge in [0.15, 0.2) is 0 Å². The number of methoxy groups -OCH3 is 2. The lowest BCUT2D eigenvalue weighted by molar-refractivity contribution is -0.137. The molecule has 0 bridgehead atoms. The molecule has 6 nitrogen and oxygen atoms in total. The summed E-state index contributed by atoms with van der Waals surface area (Å²) in [6, 6.07) is 15.9. The van der Waals surface area contributed by atoms with Gasteiger partial charge in [-0.25, -0.2) is 0 Å². The van der Waals surface area contributed by atoms with Crippen LogP contribution in [0, 0.1) is 23.7 Å². The number of benzene rings is 2. The molecule has 37 heavy (non-hydrogen) atoms. The molecule has 2 aromatic carbocycles. The van der Waals surface area contributed by atoms with Gasteiger partial charge in [-0.1, -0.05) is 11.8 Å². The first-order valence-electron chi connectivity index (χ1n) is 13.0. The average molecular weight is 501 g/mol. The highest BCUT2D eigenvalue weighted by molar-refractivity contribution is 5.83. The molecule has 1 N–H and O–H groups in total. The number of nitrogens with zero attached hydrogens (tertiary/aromatic N) is 2. The van der Waals surface area contributed by atoms with Crippen molar-refractivity contribution in [1.29, 1.82) is 0 Å². The summed E-state index contributed by atoms with van der Waals surface area (Å²) in [6.07, 6.45) is 7.06. The van der Waals surface area contributed by atoms with Gasteiger partial charge in [-0.3, -0.25) is 14.7 Å². The molecule has 0 amide bonds. The van der Waals surface area contributed by atoms with Gasteiger partial charge in [0.2, 0.25) is 0 Å². The van der Waals surface area contributed by atoms with Crippen molar-refractivity contribution in [2.24, 2.45) is 11.8 Å². The molecule has 1 aromatic heterocycles. The van der Waals surface area contributed by atoms with E-state index in [0.717, 1.165) is 73.2 Å². The highest BCUT2D eigenvalue weighted by atomic mass is 16.5. The van der Waals surface area contributed by atoms with Gasteiger partial charge >= 0.3 is 5.97 Å². The lowest BCUT2D eigenvalue weighted by Gasteiger charge is -2.38. The van der Waals surface area contributed by atoms with Crippen LogP contribution in [0.2, 0.25) is 0 Å². The van der Waals surface area contributed by atoms with Gasteiger partial charge in [-0.15, -0.1) is 0 Å². The third-order valence-electron chi connectivity index (χ3n) is 7.39. The Bertz CT molecular complexity index is 1250. The van der Waals surface area contributed by atoms with E-state index in [9.17, 15) is 9.90 Å². The van der Waals surface area contributed by atoms with Crippen molar-refractivity contribution >= 4 is 16.9 Å². The SMILES string of the molecule is COc1ccc(C#CCN2CC[C@@H](CCCc3ccnc4ccc(OC)cc34)[C@@H](CCC(=O)O)C2)cc1. The number of likely N-dealkylation sites (tertiary alicyclic amines) is 1. The number of hydrogen-bond acceptors (Lipinski definition) is 5. The van der Waals surface area contributed by atoms with Crippen LogP contribution >= 0.6 is 0 Å². The van der Waals surface area contributed by atoms with Crippen LogP contribution in [0.15, 0.2) is 54.7 Å². The van der Waals surface area contributed by atoms with Gasteiger partial charge < -0.3 is 14.6 Å². The normalized spacial score (nSPS) is 17.7. The van der Waals surface area contributed by atoms with E-state index in [0.29, 0.717) is 18.4 Å². The lowest BCUT2D eigenvalue weighted by atomic mass is 9.79. The molecule has 1 aliphatic rings. The molecule has 2 heterocycles. The summed E-state index contributed by atoms with van der Waals surface area (Å²) in [5.74, 6) is 8.41. The van der Waals surface area contributed by atoms with Crippen molar-refractivity contribution in [3.05, 3.63) is 65.9 Å². The molecule has 1 aliphatic heterocycles. The van der Waals surface area contributed by atoms with Gasteiger partial charge in [0.1, 0.15) is 11.5 Å². The quantitative estimate of drug-likeness (QED) is 0.374. The molecule has 0 unspecified atom stereocenters. The van der Waals surface area contributed by atoms with Gasteiger partial charge in [0.25, 0.3) is 0 Å². The zero-order valence-electron chi connectivity index (χ0n) is 21.8. The van der Waals surface area contributed by atoms with Crippen LogP contribution in [0.4, 0.5) is 0 Å². The Hall–Kier alpha value is -3.56. The fraction of sp³-hybridized carbons (Fsp3) is 0.419. The van der Waals surface area contributed by atoms with E-state index < -0.39 is 5.97 Å². The summed E-state index contributed by atoms with van der Waals surface area (Å²) in [5.41, 5.74) is 3.25. The molecule has 0 aliphatic carbocycles. The number of rotatable bonds is 10. The van der Waals surface area contributed by atoms with E-state index >= 15 is 0 Å². The van der Waals surface area contributed by atoms with Crippen LogP contribution in [-0.4, -0.2) is 54.8 Å². The molecule has 0 radical (unpaired) electrons. The fourth-order valence-electron chi connectivity index (χ4n) is 5.33. The van der Waals surface area contributed by atoms with E-state index in [4.69, 9.17) is 9.47 Å². The Morgan fingerprint density at radius 2 is 1.84 bits per heavy atom. The van der Waals surface area contributed by atoms with E-state index in [1.165, 1.54) is 5.56 Å². The van der Waals surface area contributed by atoms with Crippen LogP contribution in [0.25, 0.3) is 10.9 Å². The zero-order chi connectivity index (χ0) is 26.0. The zero-order valence-corrected chi connectivity index (χ0v) is 21.8. The van der Waals surface area contributed by atoms with E-state index in [1.54, 1.807) is 14.2 Å². The summed E-state index contributed by atoms with van der Waals surface area (Å²) < 4.78 is 10.6. The highest BCUT2D eigenvalue weighted by Crippen LogP contribution is 2.32. The minimum absolute atomic E-state index is 0.224. The summed E-state index contributed by atoms with van der Waals surface area (Å²) >= 11 is 0. The topological polar surface area (TPSA) is 71.9 Å². The second kappa shape index (κ2) is 13.1. The molecule has 4 rings (SSSR count). The smallest absolute Gasteiger partial charge is 0.303 e. The number of carboxylic acid groups (broad SMARTS) is 1. The first-order valence-corrected chi connectivity index (χ1v) is 13.0. The molecule has 1 saturated heterocycles. The Morgan fingerprint density at radius 3 is 2.59 bits per heavy atom. The number of carboxylic acids is 1. The number of aliphatic carboxylic acids is 1. The van der Waals surface area contributed by atoms with Crippen LogP contribution in [0.1, 0.15) is 43.2 Å². The van der Waals surface area contributed by atoms with Crippen LogP contribution in [0.3, 0.4) is 0 Å². The number of aromatic nitrogens is 1. The Kier molecular flexibility index (Phi) is 9.40. The van der Waals surface area contributed by atoms with Crippen molar-refractivity contribution in [2.75, 3.05) is 33.9 Å². The predicted molar refractivity (Wildman–Crippen MR) is 146 cm³/mol. The molecule has 0 saturated carbocycles. The minimum atomic E-state index is -0.715. The number of fused-ring (bicyclic) bond motifs is 1. The van der Waals surface area contributed by atoms with E-state index in [1.807, 2.05) is 42.6 Å². The van der Waals surface area contributed by atoms with Crippen molar-refractivity contribution in [3.63, 3.8) is 0 Å². The van der Waals surface area contributed by atoms with Gasteiger partial charge in [-0.05, 0) is 105 Å². The molecule has 6 heteroatoms. The molecule has 3 aromatic rings. The maximum Gasteiger partial charge on any atom is 0.303 e. The first-order chi connectivity index (χ1) is 18.1. The second-order valence-corrected chi connectivity index (χ2v) is 9.75. The first kappa shape index (κ1) is 26.5. The number of pyridine rings is 1. The van der Waals surface area contributed by atoms with Crippen molar-refractivity contribution in [2.45, 2.75) is 38.5 Å². The Morgan fingerprint density at radius 1 is 1.05 bits per heavy atom. The number of ether oxygens (including phenoxy) is 2.